The Hall–Kier alpha value is -1.94. The van der Waals surface area contributed by atoms with Crippen LogP contribution in [0.2, 0.25) is 5.15 Å². The number of nitrogens with zero attached hydrogens (tertiary/aromatic N) is 1. The monoisotopic (exact) mass is 279 g/mol. The van der Waals surface area contributed by atoms with Gasteiger partial charge in [0.15, 0.2) is 0 Å². The smallest absolute Gasteiger partial charge is 0.329 e. The number of aromatic nitrogens is 1. The maximum atomic E-state index is 11.9. The van der Waals surface area contributed by atoms with Crippen molar-refractivity contribution in [3.8, 4) is 5.75 Å². The van der Waals surface area contributed by atoms with Crippen molar-refractivity contribution in [2.24, 2.45) is 0 Å². The zero-order valence-corrected chi connectivity index (χ0v) is 11.2. The lowest BCUT2D eigenvalue weighted by atomic mass is 10.1. The molecular formula is C14H14ClNO3. The lowest BCUT2D eigenvalue weighted by Gasteiger charge is -2.17. The van der Waals surface area contributed by atoms with Gasteiger partial charge in [0.2, 0.25) is 0 Å². The summed E-state index contributed by atoms with van der Waals surface area (Å²) in [6, 6.07) is 9.67. The van der Waals surface area contributed by atoms with Crippen molar-refractivity contribution < 1.29 is 14.6 Å². The van der Waals surface area contributed by atoms with Crippen molar-refractivity contribution in [2.75, 3.05) is 7.11 Å². The summed E-state index contributed by atoms with van der Waals surface area (Å²) in [5.74, 6) is -0.163. The maximum absolute atomic E-state index is 11.9. The summed E-state index contributed by atoms with van der Waals surface area (Å²) in [6.07, 6.45) is 2.19. The van der Waals surface area contributed by atoms with Crippen LogP contribution in [0.15, 0.2) is 42.6 Å². The van der Waals surface area contributed by atoms with Crippen molar-refractivity contribution >= 4 is 17.6 Å². The highest BCUT2D eigenvalue weighted by molar-refractivity contribution is 6.29. The number of ether oxygens (including phenoxy) is 1. The SMILES string of the molecule is COC(=O)C(Cc1ccc(O)cc1)n1cccc1Cl. The second kappa shape index (κ2) is 5.80. The minimum absolute atomic E-state index is 0.192. The van der Waals surface area contributed by atoms with Crippen LogP contribution in [0.4, 0.5) is 0 Å². The number of phenolic OH excluding ortho intramolecular Hbond substituents is 1. The van der Waals surface area contributed by atoms with Gasteiger partial charge in [0.05, 0.1) is 7.11 Å². The average molecular weight is 280 g/mol. The molecule has 1 N–H and O–H groups in total. The Kier molecular flexibility index (Phi) is 4.12. The highest BCUT2D eigenvalue weighted by Gasteiger charge is 2.22. The fraction of sp³-hybridized carbons (Fsp3) is 0.214. The molecule has 0 aliphatic rings. The average Bonchev–Trinajstić information content (AvgIpc) is 2.83. The molecule has 2 aromatic rings. The van der Waals surface area contributed by atoms with Gasteiger partial charge in [0.25, 0.3) is 0 Å². The van der Waals surface area contributed by atoms with E-state index in [-0.39, 0.29) is 11.7 Å². The van der Waals surface area contributed by atoms with Gasteiger partial charge in [0.1, 0.15) is 16.9 Å². The largest absolute Gasteiger partial charge is 0.508 e. The molecule has 1 aromatic heterocycles. The molecular weight excluding hydrogens is 266 g/mol. The fourth-order valence-electron chi connectivity index (χ4n) is 1.91. The van der Waals surface area contributed by atoms with E-state index >= 15 is 0 Å². The molecule has 0 saturated carbocycles. The van der Waals surface area contributed by atoms with Crippen molar-refractivity contribution in [1.29, 1.82) is 0 Å². The molecule has 0 saturated heterocycles. The molecule has 0 amide bonds. The third kappa shape index (κ3) is 3.09. The second-order valence-corrected chi connectivity index (χ2v) is 4.53. The lowest BCUT2D eigenvalue weighted by molar-refractivity contribution is -0.144. The number of halogens is 1. The van der Waals surface area contributed by atoms with Gasteiger partial charge >= 0.3 is 5.97 Å². The van der Waals surface area contributed by atoms with Crippen LogP contribution in [-0.4, -0.2) is 22.8 Å². The van der Waals surface area contributed by atoms with Crippen molar-refractivity contribution in [3.63, 3.8) is 0 Å². The van der Waals surface area contributed by atoms with Crippen molar-refractivity contribution in [1.82, 2.24) is 4.57 Å². The highest BCUT2D eigenvalue weighted by Crippen LogP contribution is 2.22. The third-order valence-corrected chi connectivity index (χ3v) is 3.22. The number of rotatable bonds is 4. The normalized spacial score (nSPS) is 12.1. The van der Waals surface area contributed by atoms with Gasteiger partial charge in [-0.15, -0.1) is 0 Å². The van der Waals surface area contributed by atoms with Crippen LogP contribution in [0.3, 0.4) is 0 Å². The van der Waals surface area contributed by atoms with Gasteiger partial charge in [-0.3, -0.25) is 0 Å². The van der Waals surface area contributed by atoms with E-state index in [0.717, 1.165) is 5.56 Å². The van der Waals surface area contributed by atoms with Crippen LogP contribution in [0, 0.1) is 0 Å². The number of benzene rings is 1. The molecule has 5 heteroatoms. The summed E-state index contributed by atoms with van der Waals surface area (Å²) in [5.41, 5.74) is 0.915. The molecule has 0 bridgehead atoms. The van der Waals surface area contributed by atoms with Crippen LogP contribution in [-0.2, 0) is 16.0 Å². The number of phenols is 1. The minimum atomic E-state index is -0.517. The van der Waals surface area contributed by atoms with Gasteiger partial charge in [-0.2, -0.15) is 0 Å². The summed E-state index contributed by atoms with van der Waals surface area (Å²) < 4.78 is 6.49. The summed E-state index contributed by atoms with van der Waals surface area (Å²) in [7, 11) is 1.35. The quantitative estimate of drug-likeness (QED) is 0.876. The van der Waals surface area contributed by atoms with E-state index in [1.165, 1.54) is 7.11 Å². The van der Waals surface area contributed by atoms with Gasteiger partial charge in [0, 0.05) is 12.6 Å². The lowest BCUT2D eigenvalue weighted by Crippen LogP contribution is -2.22. The van der Waals surface area contributed by atoms with E-state index in [0.29, 0.717) is 11.6 Å². The number of methoxy groups -OCH3 is 1. The van der Waals surface area contributed by atoms with Gasteiger partial charge in [-0.25, -0.2) is 4.79 Å². The van der Waals surface area contributed by atoms with E-state index in [2.05, 4.69) is 0 Å². The fourth-order valence-corrected chi connectivity index (χ4v) is 2.16. The zero-order valence-electron chi connectivity index (χ0n) is 10.4. The van der Waals surface area contributed by atoms with Crippen LogP contribution < -0.4 is 0 Å². The van der Waals surface area contributed by atoms with E-state index in [4.69, 9.17) is 16.3 Å². The van der Waals surface area contributed by atoms with Crippen LogP contribution >= 0.6 is 11.6 Å². The van der Waals surface area contributed by atoms with E-state index in [9.17, 15) is 9.90 Å². The standard InChI is InChI=1S/C14H14ClNO3/c1-19-14(18)12(16-8-2-3-13(16)15)9-10-4-6-11(17)7-5-10/h2-8,12,17H,9H2,1H3. The molecule has 1 unspecified atom stereocenters. The summed E-state index contributed by atoms with van der Waals surface area (Å²) in [5, 5.41) is 9.74. The molecule has 0 aliphatic heterocycles. The van der Waals surface area contributed by atoms with Crippen LogP contribution in [0.25, 0.3) is 0 Å². The van der Waals surface area contributed by atoms with Crippen molar-refractivity contribution in [3.05, 3.63) is 53.3 Å². The number of esters is 1. The predicted octanol–water partition coefficient (Wildman–Crippen LogP) is 2.80. The Morgan fingerprint density at radius 3 is 2.58 bits per heavy atom. The van der Waals surface area contributed by atoms with Gasteiger partial charge in [-0.1, -0.05) is 23.7 Å². The molecule has 1 aromatic carbocycles. The number of carbonyl (C=O) groups is 1. The molecule has 0 aliphatic carbocycles. The van der Waals surface area contributed by atoms with Gasteiger partial charge in [-0.05, 0) is 29.8 Å². The minimum Gasteiger partial charge on any atom is -0.508 e. The molecule has 0 spiro atoms. The third-order valence-electron chi connectivity index (χ3n) is 2.90. The summed E-state index contributed by atoms with van der Waals surface area (Å²) in [4.78, 5) is 11.9. The summed E-state index contributed by atoms with van der Waals surface area (Å²) >= 11 is 6.04. The molecule has 4 nitrogen and oxygen atoms in total. The highest BCUT2D eigenvalue weighted by atomic mass is 35.5. The molecule has 1 atom stereocenters. The molecule has 2 rings (SSSR count). The molecule has 0 fully saturated rings. The Bertz CT molecular complexity index is 562. The van der Waals surface area contributed by atoms with E-state index in [1.807, 2.05) is 0 Å². The Balaban J connectivity index is 2.27. The Morgan fingerprint density at radius 2 is 2.05 bits per heavy atom. The molecule has 19 heavy (non-hydrogen) atoms. The number of aromatic hydroxyl groups is 1. The number of carbonyl (C=O) groups excluding carboxylic acids is 1. The van der Waals surface area contributed by atoms with Crippen molar-refractivity contribution in [2.45, 2.75) is 12.5 Å². The maximum Gasteiger partial charge on any atom is 0.329 e. The summed E-state index contributed by atoms with van der Waals surface area (Å²) in [6.45, 7) is 0. The first-order valence-corrected chi connectivity index (χ1v) is 6.17. The van der Waals surface area contributed by atoms with Crippen LogP contribution in [0.1, 0.15) is 11.6 Å². The Labute approximate surface area is 116 Å². The van der Waals surface area contributed by atoms with Gasteiger partial charge < -0.3 is 14.4 Å². The molecule has 0 radical (unpaired) electrons. The zero-order chi connectivity index (χ0) is 13.8. The number of hydrogen-bond donors (Lipinski definition) is 1. The first-order valence-electron chi connectivity index (χ1n) is 5.80. The van der Waals surface area contributed by atoms with E-state index < -0.39 is 6.04 Å². The first-order chi connectivity index (χ1) is 9.11. The molecule has 100 valence electrons. The molecule has 1 heterocycles. The Morgan fingerprint density at radius 1 is 1.37 bits per heavy atom. The second-order valence-electron chi connectivity index (χ2n) is 4.15. The predicted molar refractivity (Wildman–Crippen MR) is 72.3 cm³/mol. The topological polar surface area (TPSA) is 51.5 Å². The first kappa shape index (κ1) is 13.5. The van der Waals surface area contributed by atoms with E-state index in [1.54, 1.807) is 47.2 Å². The van der Waals surface area contributed by atoms with Crippen LogP contribution in [0.5, 0.6) is 5.75 Å². The number of hydrogen-bond acceptors (Lipinski definition) is 3.